The lowest BCUT2D eigenvalue weighted by atomic mass is 10.1. The van der Waals surface area contributed by atoms with E-state index in [0.717, 1.165) is 23.5 Å². The van der Waals surface area contributed by atoms with Gasteiger partial charge in [0.15, 0.2) is 17.8 Å². The van der Waals surface area contributed by atoms with Crippen molar-refractivity contribution < 1.29 is 28.4 Å². The quantitative estimate of drug-likeness (QED) is 0.431. The highest BCUT2D eigenvalue weighted by atomic mass is 16.7. The summed E-state index contributed by atoms with van der Waals surface area (Å²) >= 11 is 0. The molecule has 0 radical (unpaired) electrons. The zero-order valence-electron chi connectivity index (χ0n) is 14.8. The van der Waals surface area contributed by atoms with Crippen LogP contribution >= 0.6 is 0 Å². The number of rotatable bonds is 12. The standard InChI is InChI=1S/C18H28O6/c1-4-19-7-8-20-9-10-21-15(3)24-14(2)11-16-5-6-17-18(12-16)23-13-22-17/h5-6,12,14-15H,4,7-11,13H2,1-3H3/t14-,15-/m1/s1. The van der Waals surface area contributed by atoms with E-state index < -0.39 is 0 Å². The van der Waals surface area contributed by atoms with E-state index in [0.29, 0.717) is 39.8 Å². The fraction of sp³-hybridized carbons (Fsp3) is 0.667. The predicted octanol–water partition coefficient (Wildman–Crippen LogP) is 2.78. The third-order valence-electron chi connectivity index (χ3n) is 3.54. The van der Waals surface area contributed by atoms with Crippen LogP contribution in [0, 0.1) is 0 Å². The zero-order chi connectivity index (χ0) is 17.2. The molecule has 1 heterocycles. The highest BCUT2D eigenvalue weighted by molar-refractivity contribution is 5.44. The molecule has 0 amide bonds. The lowest BCUT2D eigenvalue weighted by Gasteiger charge is -2.20. The maximum Gasteiger partial charge on any atom is 0.231 e. The van der Waals surface area contributed by atoms with Crippen LogP contribution in [0.25, 0.3) is 0 Å². The molecule has 2 atom stereocenters. The Kier molecular flexibility index (Phi) is 8.32. The molecule has 1 aliphatic heterocycles. The molecule has 6 heteroatoms. The molecule has 2 rings (SSSR count). The van der Waals surface area contributed by atoms with Gasteiger partial charge in [0.1, 0.15) is 0 Å². The Bertz CT molecular complexity index is 479. The summed E-state index contributed by atoms with van der Waals surface area (Å²) in [6.45, 7) is 9.16. The smallest absolute Gasteiger partial charge is 0.231 e. The number of hydrogen-bond acceptors (Lipinski definition) is 6. The van der Waals surface area contributed by atoms with Crippen LogP contribution in [0.3, 0.4) is 0 Å². The zero-order valence-corrected chi connectivity index (χ0v) is 14.8. The first-order valence-electron chi connectivity index (χ1n) is 8.50. The van der Waals surface area contributed by atoms with Crippen LogP contribution in [-0.4, -0.2) is 52.2 Å². The summed E-state index contributed by atoms with van der Waals surface area (Å²) in [6.07, 6.45) is 0.554. The van der Waals surface area contributed by atoms with E-state index in [1.165, 1.54) is 0 Å². The van der Waals surface area contributed by atoms with Crippen molar-refractivity contribution in [2.45, 2.75) is 39.6 Å². The summed E-state index contributed by atoms with van der Waals surface area (Å²) < 4.78 is 32.7. The number of hydrogen-bond donors (Lipinski definition) is 0. The van der Waals surface area contributed by atoms with E-state index in [2.05, 4.69) is 0 Å². The lowest BCUT2D eigenvalue weighted by Crippen LogP contribution is -2.23. The number of ether oxygens (including phenoxy) is 6. The summed E-state index contributed by atoms with van der Waals surface area (Å²) in [5, 5.41) is 0. The van der Waals surface area contributed by atoms with E-state index in [-0.39, 0.29) is 12.4 Å². The monoisotopic (exact) mass is 340 g/mol. The minimum Gasteiger partial charge on any atom is -0.454 e. The van der Waals surface area contributed by atoms with E-state index in [1.807, 2.05) is 39.0 Å². The molecule has 0 N–H and O–H groups in total. The lowest BCUT2D eigenvalue weighted by molar-refractivity contribution is -0.162. The second-order valence-electron chi connectivity index (χ2n) is 5.59. The average molecular weight is 340 g/mol. The van der Waals surface area contributed by atoms with Gasteiger partial charge in [-0.2, -0.15) is 0 Å². The first-order chi connectivity index (χ1) is 11.7. The Morgan fingerprint density at radius 3 is 2.58 bits per heavy atom. The SMILES string of the molecule is CCOCCOCCO[C@@H](C)O[C@H](C)Cc1ccc2c(c1)OCO2. The molecule has 0 fully saturated rings. The normalized spacial score (nSPS) is 15.5. The summed E-state index contributed by atoms with van der Waals surface area (Å²) in [6, 6.07) is 5.97. The van der Waals surface area contributed by atoms with Gasteiger partial charge in [0.05, 0.1) is 32.5 Å². The third kappa shape index (κ3) is 6.65. The summed E-state index contributed by atoms with van der Waals surface area (Å²) in [5.74, 6) is 1.60. The van der Waals surface area contributed by atoms with Gasteiger partial charge in [0.2, 0.25) is 6.79 Å². The minimum atomic E-state index is -0.274. The van der Waals surface area contributed by atoms with E-state index in [4.69, 9.17) is 28.4 Å². The van der Waals surface area contributed by atoms with Gasteiger partial charge in [0.25, 0.3) is 0 Å². The van der Waals surface area contributed by atoms with Crippen molar-refractivity contribution >= 4 is 0 Å². The molecule has 24 heavy (non-hydrogen) atoms. The first kappa shape index (κ1) is 19.0. The average Bonchev–Trinajstić information content (AvgIpc) is 3.01. The highest BCUT2D eigenvalue weighted by Gasteiger charge is 2.15. The van der Waals surface area contributed by atoms with Crippen LogP contribution in [0.4, 0.5) is 0 Å². The molecule has 0 spiro atoms. The second kappa shape index (κ2) is 10.5. The number of fused-ring (bicyclic) bond motifs is 1. The third-order valence-corrected chi connectivity index (χ3v) is 3.54. The van der Waals surface area contributed by atoms with Crippen LogP contribution in [-0.2, 0) is 25.4 Å². The summed E-state index contributed by atoms with van der Waals surface area (Å²) in [5.41, 5.74) is 1.15. The molecular formula is C18H28O6. The number of benzene rings is 1. The molecule has 136 valence electrons. The van der Waals surface area contributed by atoms with Crippen molar-refractivity contribution in [3.63, 3.8) is 0 Å². The topological polar surface area (TPSA) is 55.4 Å². The molecule has 0 aliphatic carbocycles. The predicted molar refractivity (Wildman–Crippen MR) is 89.5 cm³/mol. The van der Waals surface area contributed by atoms with E-state index >= 15 is 0 Å². The van der Waals surface area contributed by atoms with Gasteiger partial charge in [-0.1, -0.05) is 6.07 Å². The fourth-order valence-electron chi connectivity index (χ4n) is 2.45. The molecule has 1 aromatic rings. The van der Waals surface area contributed by atoms with Crippen LogP contribution in [0.2, 0.25) is 0 Å². The summed E-state index contributed by atoms with van der Waals surface area (Å²) in [4.78, 5) is 0. The maximum atomic E-state index is 5.84. The van der Waals surface area contributed by atoms with Crippen molar-refractivity contribution in [3.05, 3.63) is 23.8 Å². The van der Waals surface area contributed by atoms with Crippen molar-refractivity contribution in [1.29, 1.82) is 0 Å². The molecule has 0 unspecified atom stereocenters. The highest BCUT2D eigenvalue weighted by Crippen LogP contribution is 2.32. The molecule has 6 nitrogen and oxygen atoms in total. The van der Waals surface area contributed by atoms with Crippen molar-refractivity contribution in [1.82, 2.24) is 0 Å². The van der Waals surface area contributed by atoms with Gasteiger partial charge in [-0.15, -0.1) is 0 Å². The van der Waals surface area contributed by atoms with Crippen molar-refractivity contribution in [2.75, 3.05) is 39.8 Å². The largest absolute Gasteiger partial charge is 0.454 e. The Labute approximate surface area is 143 Å². The van der Waals surface area contributed by atoms with Crippen LogP contribution in [0.1, 0.15) is 26.3 Å². The minimum absolute atomic E-state index is 0.0410. The molecule has 0 aromatic heterocycles. The molecule has 1 aromatic carbocycles. The van der Waals surface area contributed by atoms with Gasteiger partial charge in [0, 0.05) is 6.61 Å². The van der Waals surface area contributed by atoms with Gasteiger partial charge in [-0.25, -0.2) is 0 Å². The van der Waals surface area contributed by atoms with Gasteiger partial charge >= 0.3 is 0 Å². The first-order valence-corrected chi connectivity index (χ1v) is 8.50. The summed E-state index contributed by atoms with van der Waals surface area (Å²) in [7, 11) is 0. The molecular weight excluding hydrogens is 312 g/mol. The fourth-order valence-corrected chi connectivity index (χ4v) is 2.45. The molecule has 0 saturated heterocycles. The van der Waals surface area contributed by atoms with Crippen LogP contribution in [0.15, 0.2) is 18.2 Å². The van der Waals surface area contributed by atoms with Crippen LogP contribution in [0.5, 0.6) is 11.5 Å². The van der Waals surface area contributed by atoms with Gasteiger partial charge in [-0.3, -0.25) is 0 Å². The van der Waals surface area contributed by atoms with E-state index in [1.54, 1.807) is 0 Å². The van der Waals surface area contributed by atoms with Crippen molar-refractivity contribution in [2.24, 2.45) is 0 Å². The molecule has 1 aliphatic rings. The maximum absolute atomic E-state index is 5.84. The Balaban J connectivity index is 1.59. The molecule has 0 bridgehead atoms. The molecule has 0 saturated carbocycles. The van der Waals surface area contributed by atoms with Gasteiger partial charge in [-0.05, 0) is 44.9 Å². The second-order valence-corrected chi connectivity index (χ2v) is 5.59. The van der Waals surface area contributed by atoms with Crippen molar-refractivity contribution in [3.8, 4) is 11.5 Å². The Morgan fingerprint density at radius 2 is 1.75 bits per heavy atom. The Morgan fingerprint density at radius 1 is 1.00 bits per heavy atom. The van der Waals surface area contributed by atoms with E-state index in [9.17, 15) is 0 Å². The van der Waals surface area contributed by atoms with Crippen LogP contribution < -0.4 is 9.47 Å². The van der Waals surface area contributed by atoms with Gasteiger partial charge < -0.3 is 28.4 Å². The Hall–Kier alpha value is -1.34.